The highest BCUT2D eigenvalue weighted by Crippen LogP contribution is 2.15. The van der Waals surface area contributed by atoms with E-state index in [4.69, 9.17) is 0 Å². The molecule has 5 nitrogen and oxygen atoms in total. The fourth-order valence-electron chi connectivity index (χ4n) is 2.68. The molecule has 0 aliphatic rings. The Bertz CT molecular complexity index is 913. The highest BCUT2D eigenvalue weighted by Gasteiger charge is 2.13. The van der Waals surface area contributed by atoms with E-state index in [9.17, 15) is 9.18 Å². The molecule has 6 heteroatoms. The number of benzene rings is 2. The number of rotatable bonds is 6. The van der Waals surface area contributed by atoms with E-state index in [2.05, 4.69) is 15.3 Å². The SMILES string of the molecule is Cc1nc(C(=O)NCc2ccc(F)cc2)cc(N(C)Cc2ccccc2)n1. The first kappa shape index (κ1) is 18.5. The number of hydrogen-bond donors (Lipinski definition) is 1. The summed E-state index contributed by atoms with van der Waals surface area (Å²) in [5.74, 6) is 0.611. The van der Waals surface area contributed by atoms with Crippen LogP contribution in [0.15, 0.2) is 60.7 Å². The number of hydrogen-bond acceptors (Lipinski definition) is 4. The van der Waals surface area contributed by atoms with Gasteiger partial charge < -0.3 is 10.2 Å². The van der Waals surface area contributed by atoms with E-state index in [0.717, 1.165) is 11.1 Å². The third kappa shape index (κ3) is 5.10. The standard InChI is InChI=1S/C21H21FN4O/c1-15-24-19(21(27)23-13-16-8-10-18(22)11-9-16)12-20(25-15)26(2)14-17-6-4-3-5-7-17/h3-12H,13-14H2,1-2H3,(H,23,27). The zero-order chi connectivity index (χ0) is 19.2. The number of amides is 1. The summed E-state index contributed by atoms with van der Waals surface area (Å²) in [7, 11) is 1.93. The zero-order valence-electron chi connectivity index (χ0n) is 15.3. The molecular weight excluding hydrogens is 343 g/mol. The first-order valence-corrected chi connectivity index (χ1v) is 8.64. The van der Waals surface area contributed by atoms with E-state index < -0.39 is 0 Å². The van der Waals surface area contributed by atoms with Gasteiger partial charge in [0.25, 0.3) is 5.91 Å². The average molecular weight is 364 g/mol. The van der Waals surface area contributed by atoms with Gasteiger partial charge in [0.15, 0.2) is 0 Å². The van der Waals surface area contributed by atoms with Gasteiger partial charge >= 0.3 is 0 Å². The second kappa shape index (κ2) is 8.40. The molecule has 0 aliphatic carbocycles. The van der Waals surface area contributed by atoms with E-state index in [-0.39, 0.29) is 11.7 Å². The summed E-state index contributed by atoms with van der Waals surface area (Å²) in [4.78, 5) is 23.1. The Labute approximate surface area is 157 Å². The highest BCUT2D eigenvalue weighted by atomic mass is 19.1. The van der Waals surface area contributed by atoms with Gasteiger partial charge in [-0.1, -0.05) is 42.5 Å². The minimum Gasteiger partial charge on any atom is -0.355 e. The monoisotopic (exact) mass is 364 g/mol. The summed E-state index contributed by atoms with van der Waals surface area (Å²) >= 11 is 0. The molecule has 1 heterocycles. The molecule has 0 saturated carbocycles. The molecule has 0 atom stereocenters. The van der Waals surface area contributed by atoms with Crippen LogP contribution >= 0.6 is 0 Å². The average Bonchev–Trinajstić information content (AvgIpc) is 2.67. The van der Waals surface area contributed by atoms with Gasteiger partial charge in [-0.15, -0.1) is 0 Å². The number of aryl methyl sites for hydroxylation is 1. The van der Waals surface area contributed by atoms with Crippen LogP contribution in [-0.2, 0) is 13.1 Å². The van der Waals surface area contributed by atoms with Crippen LogP contribution in [0.5, 0.6) is 0 Å². The van der Waals surface area contributed by atoms with Crippen LogP contribution in [-0.4, -0.2) is 22.9 Å². The predicted octanol–water partition coefficient (Wildman–Crippen LogP) is 3.49. The van der Waals surface area contributed by atoms with E-state index >= 15 is 0 Å². The van der Waals surface area contributed by atoms with Gasteiger partial charge in [0, 0.05) is 26.2 Å². The van der Waals surface area contributed by atoms with Crippen molar-refractivity contribution in [2.45, 2.75) is 20.0 Å². The predicted molar refractivity (Wildman–Crippen MR) is 103 cm³/mol. The Hall–Kier alpha value is -3.28. The number of carbonyl (C=O) groups excluding carboxylic acids is 1. The fourth-order valence-corrected chi connectivity index (χ4v) is 2.68. The Kier molecular flexibility index (Phi) is 5.76. The molecule has 0 bridgehead atoms. The molecule has 2 aromatic carbocycles. The van der Waals surface area contributed by atoms with Gasteiger partial charge in [0.1, 0.15) is 23.2 Å². The van der Waals surface area contributed by atoms with Crippen LogP contribution < -0.4 is 10.2 Å². The third-order valence-electron chi connectivity index (χ3n) is 4.08. The van der Waals surface area contributed by atoms with Crippen molar-refractivity contribution >= 4 is 11.7 Å². The molecule has 1 amide bonds. The number of anilines is 1. The van der Waals surface area contributed by atoms with Crippen molar-refractivity contribution in [2.24, 2.45) is 0 Å². The van der Waals surface area contributed by atoms with Crippen LogP contribution in [0, 0.1) is 12.7 Å². The lowest BCUT2D eigenvalue weighted by atomic mass is 10.2. The Morgan fingerprint density at radius 2 is 1.74 bits per heavy atom. The number of aromatic nitrogens is 2. The molecule has 1 N–H and O–H groups in total. The minimum absolute atomic E-state index is 0.292. The van der Waals surface area contributed by atoms with Crippen molar-refractivity contribution in [1.82, 2.24) is 15.3 Å². The maximum Gasteiger partial charge on any atom is 0.270 e. The lowest BCUT2D eigenvalue weighted by Gasteiger charge is -2.19. The molecule has 0 spiro atoms. The highest BCUT2D eigenvalue weighted by molar-refractivity contribution is 5.92. The van der Waals surface area contributed by atoms with Crippen molar-refractivity contribution in [3.63, 3.8) is 0 Å². The van der Waals surface area contributed by atoms with Crippen LogP contribution in [0.2, 0.25) is 0 Å². The Balaban J connectivity index is 1.70. The Morgan fingerprint density at radius 1 is 1.04 bits per heavy atom. The summed E-state index contributed by atoms with van der Waals surface area (Å²) in [5, 5.41) is 2.81. The Morgan fingerprint density at radius 3 is 2.44 bits per heavy atom. The zero-order valence-corrected chi connectivity index (χ0v) is 15.3. The molecule has 1 aromatic heterocycles. The number of nitrogens with one attached hydrogen (secondary N) is 1. The second-order valence-electron chi connectivity index (χ2n) is 6.31. The maximum atomic E-state index is 13.0. The van der Waals surface area contributed by atoms with Gasteiger partial charge in [-0.2, -0.15) is 0 Å². The van der Waals surface area contributed by atoms with Crippen LogP contribution in [0.1, 0.15) is 27.4 Å². The minimum atomic E-state index is -0.303. The summed E-state index contributed by atoms with van der Waals surface area (Å²) < 4.78 is 13.0. The van der Waals surface area contributed by atoms with Crippen molar-refractivity contribution in [3.8, 4) is 0 Å². The van der Waals surface area contributed by atoms with Crippen LogP contribution in [0.25, 0.3) is 0 Å². The first-order chi connectivity index (χ1) is 13.0. The van der Waals surface area contributed by atoms with Gasteiger partial charge in [0.05, 0.1) is 0 Å². The third-order valence-corrected chi connectivity index (χ3v) is 4.08. The molecule has 0 radical (unpaired) electrons. The largest absolute Gasteiger partial charge is 0.355 e. The number of nitrogens with zero attached hydrogens (tertiary/aromatic N) is 3. The lowest BCUT2D eigenvalue weighted by Crippen LogP contribution is -2.25. The van der Waals surface area contributed by atoms with Crippen molar-refractivity contribution in [3.05, 3.63) is 89.1 Å². The molecule has 0 unspecified atom stereocenters. The quantitative estimate of drug-likeness (QED) is 0.727. The maximum absolute atomic E-state index is 13.0. The molecule has 3 rings (SSSR count). The van der Waals surface area contributed by atoms with Crippen LogP contribution in [0.4, 0.5) is 10.2 Å². The van der Waals surface area contributed by atoms with Gasteiger partial charge in [-0.25, -0.2) is 14.4 Å². The molecule has 0 aliphatic heterocycles. The number of halogens is 1. The summed E-state index contributed by atoms with van der Waals surface area (Å²) in [6.45, 7) is 2.74. The van der Waals surface area contributed by atoms with E-state index in [0.29, 0.717) is 30.4 Å². The number of carbonyl (C=O) groups is 1. The van der Waals surface area contributed by atoms with Gasteiger partial charge in [-0.05, 0) is 30.2 Å². The van der Waals surface area contributed by atoms with E-state index in [1.807, 2.05) is 42.3 Å². The van der Waals surface area contributed by atoms with Gasteiger partial charge in [-0.3, -0.25) is 4.79 Å². The molecule has 3 aromatic rings. The van der Waals surface area contributed by atoms with Gasteiger partial charge in [0.2, 0.25) is 0 Å². The normalized spacial score (nSPS) is 10.5. The second-order valence-corrected chi connectivity index (χ2v) is 6.31. The lowest BCUT2D eigenvalue weighted by molar-refractivity contribution is 0.0945. The summed E-state index contributed by atoms with van der Waals surface area (Å²) in [5.41, 5.74) is 2.27. The van der Waals surface area contributed by atoms with Crippen molar-refractivity contribution < 1.29 is 9.18 Å². The topological polar surface area (TPSA) is 58.1 Å². The fraction of sp³-hybridized carbons (Fsp3) is 0.190. The summed E-state index contributed by atoms with van der Waals surface area (Å²) in [6, 6.07) is 17.7. The molecular formula is C21H21FN4O. The molecule has 27 heavy (non-hydrogen) atoms. The smallest absolute Gasteiger partial charge is 0.270 e. The molecule has 0 fully saturated rings. The van der Waals surface area contributed by atoms with Crippen LogP contribution in [0.3, 0.4) is 0 Å². The molecule has 138 valence electrons. The molecule has 0 saturated heterocycles. The summed E-state index contributed by atoms with van der Waals surface area (Å²) in [6.07, 6.45) is 0. The first-order valence-electron chi connectivity index (χ1n) is 8.64. The van der Waals surface area contributed by atoms with Crippen molar-refractivity contribution in [1.29, 1.82) is 0 Å². The van der Waals surface area contributed by atoms with Crippen molar-refractivity contribution in [2.75, 3.05) is 11.9 Å². The van der Waals surface area contributed by atoms with E-state index in [1.54, 1.807) is 25.1 Å². The van der Waals surface area contributed by atoms with E-state index in [1.165, 1.54) is 12.1 Å².